The maximum Gasteiger partial charge on any atom is 0.303 e. The molecule has 94 valence electrons. The van der Waals surface area contributed by atoms with Crippen LogP contribution in [0.3, 0.4) is 0 Å². The Morgan fingerprint density at radius 3 is 2.59 bits per heavy atom. The molecule has 0 aliphatic heterocycles. The molecule has 1 aromatic carbocycles. The maximum absolute atomic E-state index is 10.3. The van der Waals surface area contributed by atoms with E-state index in [1.807, 2.05) is 31.2 Å². The number of benzene rings is 1. The molecule has 0 saturated heterocycles. The number of carboxylic acid groups (broad SMARTS) is 1. The minimum absolute atomic E-state index is 0.276. The lowest BCUT2D eigenvalue weighted by atomic mass is 10.1. The van der Waals surface area contributed by atoms with Crippen LogP contribution in [0.2, 0.25) is 0 Å². The Kier molecular flexibility index (Phi) is 6.15. The first-order valence-corrected chi connectivity index (χ1v) is 6.10. The van der Waals surface area contributed by atoms with Gasteiger partial charge in [0.05, 0.1) is 6.61 Å². The van der Waals surface area contributed by atoms with Gasteiger partial charge in [-0.3, -0.25) is 4.79 Å². The van der Waals surface area contributed by atoms with Crippen molar-refractivity contribution in [2.75, 3.05) is 6.61 Å². The van der Waals surface area contributed by atoms with Gasteiger partial charge in [0.2, 0.25) is 0 Å². The number of unbranched alkanes of at least 4 members (excludes halogenated alkanes) is 3. The molecule has 0 aromatic heterocycles. The Bertz CT molecular complexity index is 347. The van der Waals surface area contributed by atoms with Gasteiger partial charge in [-0.15, -0.1) is 0 Å². The molecule has 0 saturated carbocycles. The predicted octanol–water partition coefficient (Wildman–Crippen LogP) is 3.41. The molecule has 0 unspecified atom stereocenters. The van der Waals surface area contributed by atoms with Crippen LogP contribution in [-0.4, -0.2) is 17.7 Å². The SMILES string of the molecule is Cc1ccccc1OCCCCCCC(=O)O. The van der Waals surface area contributed by atoms with Crippen molar-refractivity contribution in [2.24, 2.45) is 0 Å². The monoisotopic (exact) mass is 236 g/mol. The molecule has 0 bridgehead atoms. The second-order valence-corrected chi connectivity index (χ2v) is 4.17. The largest absolute Gasteiger partial charge is 0.493 e. The van der Waals surface area contributed by atoms with Crippen molar-refractivity contribution in [3.8, 4) is 5.75 Å². The van der Waals surface area contributed by atoms with Gasteiger partial charge in [-0.05, 0) is 31.4 Å². The molecule has 3 heteroatoms. The highest BCUT2D eigenvalue weighted by molar-refractivity contribution is 5.66. The fourth-order valence-corrected chi connectivity index (χ4v) is 1.63. The van der Waals surface area contributed by atoms with Crippen LogP contribution >= 0.6 is 0 Å². The van der Waals surface area contributed by atoms with Gasteiger partial charge in [0, 0.05) is 6.42 Å². The molecule has 0 fully saturated rings. The van der Waals surface area contributed by atoms with Gasteiger partial charge < -0.3 is 9.84 Å². The molecule has 3 nitrogen and oxygen atoms in total. The summed E-state index contributed by atoms with van der Waals surface area (Å²) in [5.74, 6) is 0.235. The van der Waals surface area contributed by atoms with Gasteiger partial charge in [-0.1, -0.05) is 31.0 Å². The zero-order chi connectivity index (χ0) is 12.5. The summed E-state index contributed by atoms with van der Waals surface area (Å²) in [4.78, 5) is 10.3. The lowest BCUT2D eigenvalue weighted by Gasteiger charge is -2.08. The summed E-state index contributed by atoms with van der Waals surface area (Å²) in [5.41, 5.74) is 1.15. The van der Waals surface area contributed by atoms with E-state index in [2.05, 4.69) is 0 Å². The van der Waals surface area contributed by atoms with Crippen LogP contribution in [-0.2, 0) is 4.79 Å². The number of carbonyl (C=O) groups is 1. The van der Waals surface area contributed by atoms with Crippen LogP contribution in [0.1, 0.15) is 37.7 Å². The van der Waals surface area contributed by atoms with E-state index in [1.54, 1.807) is 0 Å². The molecule has 1 N–H and O–H groups in total. The normalized spacial score (nSPS) is 10.2. The zero-order valence-electron chi connectivity index (χ0n) is 10.3. The number of aryl methyl sites for hydroxylation is 1. The van der Waals surface area contributed by atoms with Crippen LogP contribution in [0.25, 0.3) is 0 Å². The third-order valence-electron chi connectivity index (χ3n) is 2.64. The van der Waals surface area contributed by atoms with Crippen LogP contribution < -0.4 is 4.74 Å². The van der Waals surface area contributed by atoms with E-state index in [1.165, 1.54) is 0 Å². The van der Waals surface area contributed by atoms with Crippen LogP contribution in [0.5, 0.6) is 5.75 Å². The molecule has 1 aromatic rings. The fraction of sp³-hybridized carbons (Fsp3) is 0.500. The third kappa shape index (κ3) is 5.95. The first-order chi connectivity index (χ1) is 8.20. The minimum atomic E-state index is -0.707. The van der Waals surface area contributed by atoms with Gasteiger partial charge >= 0.3 is 5.97 Å². The minimum Gasteiger partial charge on any atom is -0.493 e. The highest BCUT2D eigenvalue weighted by atomic mass is 16.5. The third-order valence-corrected chi connectivity index (χ3v) is 2.64. The Morgan fingerprint density at radius 1 is 1.18 bits per heavy atom. The molecule has 0 aliphatic carbocycles. The van der Waals surface area contributed by atoms with Crippen molar-refractivity contribution < 1.29 is 14.6 Å². The molecule has 0 heterocycles. The molecule has 0 amide bonds. The summed E-state index contributed by atoms with van der Waals surface area (Å²) in [6.07, 6.45) is 4.01. The van der Waals surface area contributed by atoms with E-state index < -0.39 is 5.97 Å². The van der Waals surface area contributed by atoms with Gasteiger partial charge in [0.15, 0.2) is 0 Å². The van der Waals surface area contributed by atoms with Gasteiger partial charge in [-0.2, -0.15) is 0 Å². The van der Waals surface area contributed by atoms with Gasteiger partial charge in [0.1, 0.15) is 5.75 Å². The highest BCUT2D eigenvalue weighted by Gasteiger charge is 1.98. The Morgan fingerprint density at radius 2 is 1.88 bits per heavy atom. The summed E-state index contributed by atoms with van der Waals surface area (Å²) in [7, 11) is 0. The number of ether oxygens (including phenoxy) is 1. The molecule has 0 atom stereocenters. The molecule has 0 aliphatic rings. The van der Waals surface area contributed by atoms with Crippen molar-refractivity contribution in [3.05, 3.63) is 29.8 Å². The average Bonchev–Trinajstić information content (AvgIpc) is 2.30. The molecule has 0 spiro atoms. The highest BCUT2D eigenvalue weighted by Crippen LogP contribution is 2.16. The number of para-hydroxylation sites is 1. The van der Waals surface area contributed by atoms with Gasteiger partial charge in [-0.25, -0.2) is 0 Å². The summed E-state index contributed by atoms with van der Waals surface area (Å²) in [5, 5.41) is 8.47. The first kappa shape index (κ1) is 13.6. The lowest BCUT2D eigenvalue weighted by molar-refractivity contribution is -0.137. The zero-order valence-corrected chi connectivity index (χ0v) is 10.3. The summed E-state index contributed by atoms with van der Waals surface area (Å²) >= 11 is 0. The Hall–Kier alpha value is -1.51. The predicted molar refractivity (Wildman–Crippen MR) is 67.4 cm³/mol. The van der Waals surface area contributed by atoms with Crippen molar-refractivity contribution in [1.82, 2.24) is 0 Å². The second kappa shape index (κ2) is 7.71. The van der Waals surface area contributed by atoms with E-state index in [0.717, 1.165) is 37.0 Å². The van der Waals surface area contributed by atoms with Crippen molar-refractivity contribution >= 4 is 5.97 Å². The van der Waals surface area contributed by atoms with Crippen molar-refractivity contribution in [2.45, 2.75) is 39.0 Å². The Balaban J connectivity index is 2.05. The van der Waals surface area contributed by atoms with E-state index in [-0.39, 0.29) is 6.42 Å². The number of hydrogen-bond donors (Lipinski definition) is 1. The molecule has 0 radical (unpaired) electrons. The van der Waals surface area contributed by atoms with Crippen LogP contribution in [0.15, 0.2) is 24.3 Å². The topological polar surface area (TPSA) is 46.5 Å². The van der Waals surface area contributed by atoms with Crippen molar-refractivity contribution in [1.29, 1.82) is 0 Å². The maximum atomic E-state index is 10.3. The van der Waals surface area contributed by atoms with E-state index in [0.29, 0.717) is 6.61 Å². The molecular weight excluding hydrogens is 216 g/mol. The standard InChI is InChI=1S/C14H20O3/c1-12-8-5-6-9-13(12)17-11-7-3-2-4-10-14(15)16/h5-6,8-9H,2-4,7,10-11H2,1H3,(H,15,16). The second-order valence-electron chi connectivity index (χ2n) is 4.17. The number of aliphatic carboxylic acids is 1. The van der Waals surface area contributed by atoms with Crippen LogP contribution in [0, 0.1) is 6.92 Å². The number of carboxylic acids is 1. The fourth-order valence-electron chi connectivity index (χ4n) is 1.63. The number of rotatable bonds is 8. The molecule has 17 heavy (non-hydrogen) atoms. The average molecular weight is 236 g/mol. The van der Waals surface area contributed by atoms with Crippen LogP contribution in [0.4, 0.5) is 0 Å². The Labute approximate surface area is 102 Å². The number of hydrogen-bond acceptors (Lipinski definition) is 2. The smallest absolute Gasteiger partial charge is 0.303 e. The summed E-state index contributed by atoms with van der Waals surface area (Å²) < 4.78 is 5.65. The molecular formula is C14H20O3. The molecule has 1 rings (SSSR count). The van der Waals surface area contributed by atoms with E-state index in [9.17, 15) is 4.79 Å². The van der Waals surface area contributed by atoms with Crippen molar-refractivity contribution in [3.63, 3.8) is 0 Å². The summed E-state index contributed by atoms with van der Waals surface area (Å²) in [6, 6.07) is 7.96. The first-order valence-electron chi connectivity index (χ1n) is 6.10. The van der Waals surface area contributed by atoms with E-state index >= 15 is 0 Å². The quantitative estimate of drug-likeness (QED) is 0.703. The van der Waals surface area contributed by atoms with Gasteiger partial charge in [0.25, 0.3) is 0 Å². The van der Waals surface area contributed by atoms with E-state index in [4.69, 9.17) is 9.84 Å². The summed E-state index contributed by atoms with van der Waals surface area (Å²) in [6.45, 7) is 2.74. The lowest BCUT2D eigenvalue weighted by Crippen LogP contribution is -1.99.